The van der Waals surface area contributed by atoms with Crippen LogP contribution in [0.1, 0.15) is 54.4 Å². The summed E-state index contributed by atoms with van der Waals surface area (Å²) >= 11 is 0. The van der Waals surface area contributed by atoms with Gasteiger partial charge < -0.3 is 73.2 Å². The number of anilines is 2. The second kappa shape index (κ2) is 29.8. The maximum absolute atomic E-state index is 13.1. The molecule has 5 amide bonds. The topological polar surface area (TPSA) is 459 Å². The minimum Gasteiger partial charge on any atom is -0.481 e. The molecule has 0 bridgehead atoms. The van der Waals surface area contributed by atoms with Gasteiger partial charge in [-0.05, 0) is 48.4 Å². The van der Waals surface area contributed by atoms with Gasteiger partial charge in [0.1, 0.15) is 36.8 Å². The van der Waals surface area contributed by atoms with E-state index in [0.29, 0.717) is 16.6 Å². The molecule has 398 valence electrons. The molecular formula is C44H52N10O18S2. The molecule has 1 aromatic heterocycles. The van der Waals surface area contributed by atoms with Crippen molar-refractivity contribution in [3.05, 3.63) is 63.9 Å². The molecule has 1 heterocycles. The van der Waals surface area contributed by atoms with Gasteiger partial charge in [-0.15, -0.1) is 6.42 Å². The van der Waals surface area contributed by atoms with Crippen LogP contribution in [0.4, 0.5) is 11.6 Å². The first-order valence-electron chi connectivity index (χ1n) is 21.8. The number of nitrogens with one attached hydrogen (secondary N) is 6. The largest absolute Gasteiger partial charge is 0.481 e. The number of carboxylic acid groups (broad SMARTS) is 5. The molecule has 0 aliphatic heterocycles. The number of aromatic nitrogens is 2. The van der Waals surface area contributed by atoms with E-state index in [4.69, 9.17) is 27.7 Å². The number of carbonyl (C=O) groups excluding carboxylic acids is 6. The summed E-state index contributed by atoms with van der Waals surface area (Å²) in [5.41, 5.74) is 12.4. The molecule has 74 heavy (non-hydrogen) atoms. The number of benzene rings is 2. The van der Waals surface area contributed by atoms with E-state index in [2.05, 4.69) is 26.5 Å². The van der Waals surface area contributed by atoms with E-state index < -0.39 is 127 Å². The number of nitrogens with zero attached hydrogens (tertiary/aromatic N) is 2. The lowest BCUT2D eigenvalue weighted by atomic mass is 10.1. The Kier molecular flexibility index (Phi) is 24.1. The van der Waals surface area contributed by atoms with Gasteiger partial charge in [0.25, 0.3) is 11.5 Å². The van der Waals surface area contributed by atoms with Crippen LogP contribution in [-0.2, 0) is 59.2 Å². The Morgan fingerprint density at radius 1 is 0.716 bits per heavy atom. The van der Waals surface area contributed by atoms with Gasteiger partial charge in [0, 0.05) is 48.7 Å². The summed E-state index contributed by atoms with van der Waals surface area (Å²) in [6.07, 6.45) is 1.30. The number of nitrogens with two attached hydrogens (primary N) is 2. The van der Waals surface area contributed by atoms with Crippen molar-refractivity contribution in [3.63, 3.8) is 0 Å². The van der Waals surface area contributed by atoms with Crippen molar-refractivity contribution in [2.24, 2.45) is 5.73 Å². The zero-order valence-corrected chi connectivity index (χ0v) is 40.5. The third-order valence-corrected chi connectivity index (χ3v) is 12.4. The molecule has 0 aliphatic rings. The summed E-state index contributed by atoms with van der Waals surface area (Å²) in [7, 11) is 2.27. The van der Waals surface area contributed by atoms with Gasteiger partial charge in [0.15, 0.2) is 0 Å². The maximum atomic E-state index is 13.1. The number of aromatic amines is 1. The average Bonchev–Trinajstić information content (AvgIpc) is 3.32. The van der Waals surface area contributed by atoms with Gasteiger partial charge in [-0.1, -0.05) is 33.6 Å². The fraction of sp³-hybridized carbons (Fsp3) is 0.386. The predicted molar refractivity (Wildman–Crippen MR) is 263 cm³/mol. The number of aliphatic carboxylic acids is 5. The maximum Gasteiger partial charge on any atom is 0.327 e. The predicted octanol–water partition coefficient (Wildman–Crippen LogP) is -2.17. The fourth-order valence-electron chi connectivity index (χ4n) is 6.43. The number of amides is 5. The van der Waals surface area contributed by atoms with Crippen LogP contribution in [0.15, 0.2) is 47.3 Å². The molecule has 30 heteroatoms. The van der Waals surface area contributed by atoms with Crippen molar-refractivity contribution >= 4 is 109 Å². The highest BCUT2D eigenvalue weighted by Gasteiger charge is 2.34. The van der Waals surface area contributed by atoms with Gasteiger partial charge in [-0.2, -0.15) is 0 Å². The highest BCUT2D eigenvalue weighted by molar-refractivity contribution is 8.76. The van der Waals surface area contributed by atoms with Gasteiger partial charge >= 0.3 is 35.8 Å². The molecule has 2 aromatic carbocycles. The van der Waals surface area contributed by atoms with E-state index in [-0.39, 0.29) is 62.0 Å². The van der Waals surface area contributed by atoms with Crippen molar-refractivity contribution in [2.75, 3.05) is 41.8 Å². The average molecular weight is 1070 g/mol. The van der Waals surface area contributed by atoms with Crippen molar-refractivity contribution in [2.45, 2.75) is 75.3 Å². The molecule has 3 aromatic rings. The van der Waals surface area contributed by atoms with E-state index in [1.807, 2.05) is 20.9 Å². The Balaban J connectivity index is 1.44. The second-order valence-corrected chi connectivity index (χ2v) is 18.3. The summed E-state index contributed by atoms with van der Waals surface area (Å²) < 4.78 is 5.15. The summed E-state index contributed by atoms with van der Waals surface area (Å²) in [5.74, 6) is -11.5. The van der Waals surface area contributed by atoms with Crippen LogP contribution in [-0.4, -0.2) is 162 Å². The number of rotatable bonds is 32. The SMILES string of the molecule is C#CCN(Cc1ccc2nc(N)[nH]c(=O)c2c1)c1ccc(C(=O)NC(CCC(=O)OCCSSCCC(=O)N[C@@H](CC(=O)O)C(=O)N[C@@H](CC(=O)O)C(=O)N[C@@H](CC(=O)O)C(=O)NC(CN)C(=O)O)C(=O)O)cc1. The van der Waals surface area contributed by atoms with Crippen LogP contribution in [0.3, 0.4) is 0 Å². The highest BCUT2D eigenvalue weighted by Crippen LogP contribution is 2.22. The van der Waals surface area contributed by atoms with Crippen LogP contribution in [0.5, 0.6) is 0 Å². The third-order valence-electron chi connectivity index (χ3n) is 10.0. The van der Waals surface area contributed by atoms with E-state index in [1.165, 1.54) is 12.1 Å². The molecule has 0 spiro atoms. The number of hydrogen-bond acceptors (Lipinski definition) is 19. The molecular weight excluding hydrogens is 1020 g/mol. The summed E-state index contributed by atoms with van der Waals surface area (Å²) in [6, 6.07) is 2.18. The van der Waals surface area contributed by atoms with Crippen molar-refractivity contribution in [1.29, 1.82) is 0 Å². The lowest BCUT2D eigenvalue weighted by molar-refractivity contribution is -0.145. The highest BCUT2D eigenvalue weighted by atomic mass is 33.1. The molecule has 0 radical (unpaired) electrons. The minimum absolute atomic E-state index is 0.0173. The van der Waals surface area contributed by atoms with E-state index in [9.17, 15) is 78.0 Å². The molecule has 3 rings (SSSR count). The molecule has 0 fully saturated rings. The normalized spacial score (nSPS) is 12.8. The Labute approximate surface area is 426 Å². The number of esters is 1. The quantitative estimate of drug-likeness (QED) is 0.0137. The van der Waals surface area contributed by atoms with Crippen LogP contribution >= 0.6 is 21.6 Å². The molecule has 5 atom stereocenters. The number of carbonyl (C=O) groups is 11. The van der Waals surface area contributed by atoms with E-state index >= 15 is 0 Å². The van der Waals surface area contributed by atoms with E-state index in [0.717, 1.165) is 27.2 Å². The van der Waals surface area contributed by atoms with Gasteiger partial charge in [-0.25, -0.2) is 14.6 Å². The Morgan fingerprint density at radius 2 is 1.26 bits per heavy atom. The fourth-order valence-corrected chi connectivity index (χ4v) is 8.24. The zero-order valence-electron chi connectivity index (χ0n) is 38.9. The molecule has 2 unspecified atom stereocenters. The standard InChI is InChI=1S/C44H52N10O18S2/c1-2-12-54(21-22-3-8-26-25(16-22)38(64)53-44(46)52-26)24-6-4-23(5-7-24)37(63)48-27(42(68)69)9-10-36(62)72-13-15-74-73-14-11-32(55)47-28(17-33(56)57)39(65)49-29(18-34(58)59)40(66)50-30(19-35(60)61)41(67)51-31(20-45)43(70)71/h1,3-8,16,27-31H,9-15,17-21,45H2,(H,47,55)(H,48,63)(H,49,65)(H,50,66)(H,51,67)(H,56,57)(H,58,59)(H,60,61)(H,68,69)(H,70,71)(H3,46,52,53,64)/t27?,28-,29-,30-,31?/m0/s1. The lowest BCUT2D eigenvalue weighted by Crippen LogP contribution is -2.59. The Hall–Kier alpha value is -8.43. The number of carboxylic acids is 5. The minimum atomic E-state index is -2.05. The monoisotopic (exact) mass is 1070 g/mol. The Morgan fingerprint density at radius 3 is 1.78 bits per heavy atom. The molecule has 15 N–H and O–H groups in total. The van der Waals surface area contributed by atoms with Crippen LogP contribution in [0, 0.1) is 12.3 Å². The van der Waals surface area contributed by atoms with E-state index in [1.54, 1.807) is 30.3 Å². The second-order valence-electron chi connectivity index (χ2n) is 15.6. The first-order chi connectivity index (χ1) is 35.0. The number of nitrogen functional groups attached to an aromatic ring is 1. The molecule has 28 nitrogen and oxygen atoms in total. The zero-order chi connectivity index (χ0) is 55.1. The number of H-pyrrole nitrogens is 1. The number of fused-ring (bicyclic) bond motifs is 1. The van der Waals surface area contributed by atoms with Gasteiger partial charge in [0.2, 0.25) is 29.6 Å². The Bertz CT molecular complexity index is 2680. The first kappa shape index (κ1) is 59.9. The van der Waals surface area contributed by atoms with Crippen molar-refractivity contribution in [3.8, 4) is 12.3 Å². The first-order valence-corrected chi connectivity index (χ1v) is 24.3. The number of terminal acetylenes is 1. The van der Waals surface area contributed by atoms with Crippen molar-refractivity contribution < 1.29 is 83.0 Å². The van der Waals surface area contributed by atoms with Gasteiger partial charge in [0.05, 0.1) is 36.7 Å². The molecule has 0 aliphatic carbocycles. The number of hydrogen-bond donors (Lipinski definition) is 13. The lowest BCUT2D eigenvalue weighted by Gasteiger charge is -2.24. The van der Waals surface area contributed by atoms with Crippen molar-refractivity contribution in [1.82, 2.24) is 36.6 Å². The number of ether oxygens (including phenoxy) is 1. The van der Waals surface area contributed by atoms with Crippen LogP contribution in [0.2, 0.25) is 0 Å². The summed E-state index contributed by atoms with van der Waals surface area (Å²) in [4.78, 5) is 155. The van der Waals surface area contributed by atoms with Crippen LogP contribution < -0.4 is 48.5 Å². The summed E-state index contributed by atoms with van der Waals surface area (Å²) in [6.45, 7) is -0.309. The summed E-state index contributed by atoms with van der Waals surface area (Å²) in [5, 5.41) is 57.5. The molecule has 0 saturated carbocycles. The smallest absolute Gasteiger partial charge is 0.327 e. The van der Waals surface area contributed by atoms with Gasteiger partial charge in [-0.3, -0.25) is 52.9 Å². The third kappa shape index (κ3) is 20.4. The molecule has 0 saturated heterocycles. The van der Waals surface area contributed by atoms with Crippen LogP contribution in [0.25, 0.3) is 10.9 Å².